The van der Waals surface area contributed by atoms with Gasteiger partial charge in [0.1, 0.15) is 0 Å². The van der Waals surface area contributed by atoms with Gasteiger partial charge in [-0.25, -0.2) is 8.42 Å². The third kappa shape index (κ3) is 3.93. The van der Waals surface area contributed by atoms with Gasteiger partial charge in [-0.15, -0.1) is 0 Å². The number of rotatable bonds is 1. The van der Waals surface area contributed by atoms with E-state index < -0.39 is 9.84 Å². The fraction of sp³-hybridized carbons (Fsp3) is 1.00. The van der Waals surface area contributed by atoms with Gasteiger partial charge in [-0.1, -0.05) is 6.92 Å². The van der Waals surface area contributed by atoms with Gasteiger partial charge in [0, 0.05) is 18.6 Å². The highest BCUT2D eigenvalue weighted by Crippen LogP contribution is 2.20. The van der Waals surface area contributed by atoms with Crippen molar-refractivity contribution in [2.24, 2.45) is 5.92 Å². The highest BCUT2D eigenvalue weighted by Gasteiger charge is 2.30. The van der Waals surface area contributed by atoms with Crippen molar-refractivity contribution in [1.82, 2.24) is 10.2 Å². The monoisotopic (exact) mass is 274 g/mol. The van der Waals surface area contributed by atoms with Gasteiger partial charge in [0.2, 0.25) is 0 Å². The molecule has 1 N–H and O–H groups in total. The predicted octanol–water partition coefficient (Wildman–Crippen LogP) is 0.884. The van der Waals surface area contributed by atoms with Crippen LogP contribution >= 0.6 is 0 Å². The van der Waals surface area contributed by atoms with Crippen LogP contribution in [0.1, 0.15) is 33.1 Å². The first-order chi connectivity index (χ1) is 8.46. The number of nitrogens with one attached hydrogen (secondary N) is 1. The van der Waals surface area contributed by atoms with E-state index >= 15 is 0 Å². The molecule has 3 atom stereocenters. The maximum absolute atomic E-state index is 11.8. The average molecular weight is 274 g/mol. The summed E-state index contributed by atoms with van der Waals surface area (Å²) in [7, 11) is -2.79. The molecule has 2 saturated heterocycles. The molecule has 4 nitrogen and oxygen atoms in total. The quantitative estimate of drug-likeness (QED) is 0.771. The SMILES string of the molecule is CC1CNC(C)CCN(C2CCCS(=O)(=O)C2)C1. The van der Waals surface area contributed by atoms with Crippen molar-refractivity contribution in [2.75, 3.05) is 31.1 Å². The summed E-state index contributed by atoms with van der Waals surface area (Å²) in [6.07, 6.45) is 3.00. The van der Waals surface area contributed by atoms with Gasteiger partial charge >= 0.3 is 0 Å². The van der Waals surface area contributed by atoms with Crippen LogP contribution < -0.4 is 5.32 Å². The standard InChI is InChI=1S/C13H26N2O2S/c1-11-8-14-12(2)5-6-15(9-11)13-4-3-7-18(16,17)10-13/h11-14H,3-10H2,1-2H3. The Kier molecular flexibility index (Phi) is 4.67. The number of sulfone groups is 1. The van der Waals surface area contributed by atoms with Gasteiger partial charge in [0.15, 0.2) is 9.84 Å². The van der Waals surface area contributed by atoms with Crippen molar-refractivity contribution >= 4 is 9.84 Å². The Balaban J connectivity index is 2.00. The largest absolute Gasteiger partial charge is 0.314 e. The lowest BCUT2D eigenvalue weighted by atomic mass is 10.0. The summed E-state index contributed by atoms with van der Waals surface area (Å²) in [5, 5.41) is 3.53. The van der Waals surface area contributed by atoms with Crippen LogP contribution in [0.5, 0.6) is 0 Å². The summed E-state index contributed by atoms with van der Waals surface area (Å²) >= 11 is 0. The Bertz CT molecular complexity index is 369. The highest BCUT2D eigenvalue weighted by atomic mass is 32.2. The Labute approximate surface area is 111 Å². The molecule has 0 bridgehead atoms. The van der Waals surface area contributed by atoms with Gasteiger partial charge in [0.25, 0.3) is 0 Å². The van der Waals surface area contributed by atoms with Crippen molar-refractivity contribution in [2.45, 2.75) is 45.2 Å². The third-order valence-electron chi connectivity index (χ3n) is 4.17. The molecule has 106 valence electrons. The second-order valence-corrected chi connectivity index (χ2v) is 8.34. The van der Waals surface area contributed by atoms with Gasteiger partial charge in [-0.05, 0) is 45.2 Å². The second-order valence-electron chi connectivity index (χ2n) is 6.11. The Morgan fingerprint density at radius 3 is 2.72 bits per heavy atom. The minimum absolute atomic E-state index is 0.261. The normalized spacial score (nSPS) is 38.9. The van der Waals surface area contributed by atoms with E-state index in [-0.39, 0.29) is 6.04 Å². The first-order valence-corrected chi connectivity index (χ1v) is 8.96. The van der Waals surface area contributed by atoms with Crippen molar-refractivity contribution in [1.29, 1.82) is 0 Å². The molecule has 5 heteroatoms. The van der Waals surface area contributed by atoms with Gasteiger partial charge < -0.3 is 5.32 Å². The van der Waals surface area contributed by atoms with E-state index in [4.69, 9.17) is 0 Å². The maximum Gasteiger partial charge on any atom is 0.151 e. The fourth-order valence-corrected chi connectivity index (χ4v) is 4.78. The lowest BCUT2D eigenvalue weighted by Gasteiger charge is -2.38. The summed E-state index contributed by atoms with van der Waals surface area (Å²) in [6.45, 7) is 7.55. The zero-order valence-electron chi connectivity index (χ0n) is 11.6. The van der Waals surface area contributed by atoms with Crippen molar-refractivity contribution in [3.05, 3.63) is 0 Å². The van der Waals surface area contributed by atoms with Gasteiger partial charge in [0.05, 0.1) is 11.5 Å². The fourth-order valence-electron chi connectivity index (χ4n) is 3.04. The first-order valence-electron chi connectivity index (χ1n) is 7.14. The average Bonchev–Trinajstić information content (AvgIpc) is 2.28. The molecule has 18 heavy (non-hydrogen) atoms. The van der Waals surface area contributed by atoms with E-state index in [1.807, 2.05) is 0 Å². The molecule has 0 radical (unpaired) electrons. The van der Waals surface area contributed by atoms with E-state index in [2.05, 4.69) is 24.1 Å². The van der Waals surface area contributed by atoms with E-state index in [1.54, 1.807) is 0 Å². The minimum atomic E-state index is -2.79. The zero-order valence-corrected chi connectivity index (χ0v) is 12.4. The van der Waals surface area contributed by atoms with Crippen molar-refractivity contribution in [3.8, 4) is 0 Å². The molecule has 0 aromatic heterocycles. The molecule has 2 aliphatic rings. The lowest BCUT2D eigenvalue weighted by molar-refractivity contribution is 0.148. The maximum atomic E-state index is 11.8. The van der Waals surface area contributed by atoms with Crippen LogP contribution in [0.3, 0.4) is 0 Å². The van der Waals surface area contributed by atoms with Crippen LogP contribution in [0.2, 0.25) is 0 Å². The topological polar surface area (TPSA) is 49.4 Å². The predicted molar refractivity (Wildman–Crippen MR) is 74.5 cm³/mol. The smallest absolute Gasteiger partial charge is 0.151 e. The van der Waals surface area contributed by atoms with E-state index in [0.717, 1.165) is 38.9 Å². The molecular formula is C13H26N2O2S. The van der Waals surface area contributed by atoms with Crippen LogP contribution in [0.4, 0.5) is 0 Å². The highest BCUT2D eigenvalue weighted by molar-refractivity contribution is 7.91. The second kappa shape index (κ2) is 5.88. The molecule has 0 amide bonds. The van der Waals surface area contributed by atoms with Gasteiger partial charge in [-0.2, -0.15) is 0 Å². The summed E-state index contributed by atoms with van der Waals surface area (Å²) in [5.74, 6) is 1.37. The van der Waals surface area contributed by atoms with Crippen LogP contribution in [-0.2, 0) is 9.84 Å². The van der Waals surface area contributed by atoms with Crippen LogP contribution in [0.15, 0.2) is 0 Å². The van der Waals surface area contributed by atoms with Crippen molar-refractivity contribution in [3.63, 3.8) is 0 Å². The van der Waals surface area contributed by atoms with Crippen LogP contribution in [0, 0.1) is 5.92 Å². The molecule has 0 aromatic carbocycles. The van der Waals surface area contributed by atoms with Crippen LogP contribution in [-0.4, -0.2) is 56.5 Å². The number of hydrogen-bond donors (Lipinski definition) is 1. The molecule has 3 unspecified atom stereocenters. The Hall–Kier alpha value is -0.130. The molecular weight excluding hydrogens is 248 g/mol. The third-order valence-corrected chi connectivity index (χ3v) is 5.97. The summed E-state index contributed by atoms with van der Waals surface area (Å²) in [6, 6.07) is 0.798. The molecule has 0 spiro atoms. The Morgan fingerprint density at radius 1 is 1.22 bits per heavy atom. The number of hydrogen-bond acceptors (Lipinski definition) is 4. The van der Waals surface area contributed by atoms with E-state index in [9.17, 15) is 8.42 Å². The molecule has 2 fully saturated rings. The molecule has 0 saturated carbocycles. The summed E-state index contributed by atoms with van der Waals surface area (Å²) in [4.78, 5) is 2.43. The Morgan fingerprint density at radius 2 is 2.00 bits per heavy atom. The minimum Gasteiger partial charge on any atom is -0.314 e. The van der Waals surface area contributed by atoms with E-state index in [0.29, 0.717) is 23.5 Å². The molecule has 2 heterocycles. The summed E-state index contributed by atoms with van der Waals surface area (Å²) < 4.78 is 23.5. The molecule has 2 rings (SSSR count). The molecule has 2 aliphatic heterocycles. The number of nitrogens with zero attached hydrogens (tertiary/aromatic N) is 1. The van der Waals surface area contributed by atoms with Crippen molar-refractivity contribution < 1.29 is 8.42 Å². The zero-order chi connectivity index (χ0) is 13.2. The van der Waals surface area contributed by atoms with Gasteiger partial charge in [-0.3, -0.25) is 4.90 Å². The summed E-state index contributed by atoms with van der Waals surface area (Å²) in [5.41, 5.74) is 0. The van der Waals surface area contributed by atoms with E-state index in [1.165, 1.54) is 0 Å². The first kappa shape index (κ1) is 14.3. The molecule has 0 aromatic rings. The lowest BCUT2D eigenvalue weighted by Crippen LogP contribution is -2.50. The van der Waals surface area contributed by atoms with Crippen LogP contribution in [0.25, 0.3) is 0 Å². The molecule has 0 aliphatic carbocycles.